The topological polar surface area (TPSA) is 77.8 Å². The van der Waals surface area contributed by atoms with Crippen molar-refractivity contribution in [3.8, 4) is 0 Å². The minimum Gasteiger partial charge on any atom is -0.480 e. The molecule has 21 heavy (non-hydrogen) atoms. The molecule has 0 amide bonds. The summed E-state index contributed by atoms with van der Waals surface area (Å²) in [5.41, 5.74) is -1.42. The smallest absolute Gasteiger partial charge is 0.321 e. The number of carbonyl (C=O) groups is 2. The van der Waals surface area contributed by atoms with Gasteiger partial charge in [-0.15, -0.1) is 0 Å². The zero-order chi connectivity index (χ0) is 15.2. The first-order chi connectivity index (χ1) is 9.99. The number of carboxylic acid groups (broad SMARTS) is 1. The molecule has 4 atom stereocenters. The SMILES string of the molecule is CN1[C@H]2CC[C@@H]1[C@](C(=O)O)(C(=O)c1ccccc1)[C@@H](O)C2. The average molecular weight is 289 g/mol. The van der Waals surface area contributed by atoms with Gasteiger partial charge in [-0.1, -0.05) is 30.3 Å². The highest BCUT2D eigenvalue weighted by molar-refractivity contribution is 6.13. The van der Waals surface area contributed by atoms with Gasteiger partial charge >= 0.3 is 5.97 Å². The number of carbonyl (C=O) groups excluding carboxylic acids is 1. The molecule has 1 aromatic rings. The summed E-state index contributed by atoms with van der Waals surface area (Å²) in [6.45, 7) is 0. The van der Waals surface area contributed by atoms with Crippen molar-refractivity contribution in [3.63, 3.8) is 0 Å². The van der Waals surface area contributed by atoms with Crippen LogP contribution in [0.5, 0.6) is 0 Å². The van der Waals surface area contributed by atoms with E-state index in [2.05, 4.69) is 0 Å². The Hall–Kier alpha value is -1.72. The Morgan fingerprint density at radius 2 is 1.90 bits per heavy atom. The molecule has 2 bridgehead atoms. The van der Waals surface area contributed by atoms with E-state index in [1.807, 2.05) is 11.9 Å². The molecule has 0 unspecified atom stereocenters. The molecule has 0 spiro atoms. The van der Waals surface area contributed by atoms with Gasteiger partial charge in [0.1, 0.15) is 0 Å². The van der Waals surface area contributed by atoms with Gasteiger partial charge in [-0.3, -0.25) is 14.5 Å². The van der Waals surface area contributed by atoms with E-state index in [9.17, 15) is 19.8 Å². The molecule has 0 aliphatic carbocycles. The maximum Gasteiger partial charge on any atom is 0.321 e. The molecule has 5 heteroatoms. The van der Waals surface area contributed by atoms with Gasteiger partial charge in [0.2, 0.25) is 0 Å². The lowest BCUT2D eigenvalue weighted by atomic mass is 9.67. The zero-order valence-corrected chi connectivity index (χ0v) is 11.9. The molecular formula is C16H19NO4. The predicted molar refractivity (Wildman–Crippen MR) is 76.0 cm³/mol. The lowest BCUT2D eigenvalue weighted by Gasteiger charge is -2.46. The van der Waals surface area contributed by atoms with E-state index in [1.165, 1.54) is 0 Å². The number of fused-ring (bicyclic) bond motifs is 2. The Balaban J connectivity index is 2.11. The van der Waals surface area contributed by atoms with Crippen molar-refractivity contribution in [2.75, 3.05) is 7.05 Å². The summed E-state index contributed by atoms with van der Waals surface area (Å²) in [7, 11) is 1.85. The number of aliphatic hydroxyl groups is 1. The van der Waals surface area contributed by atoms with Crippen LogP contribution < -0.4 is 0 Å². The highest BCUT2D eigenvalue weighted by Crippen LogP contribution is 2.48. The second-order valence-electron chi connectivity index (χ2n) is 6.03. The quantitative estimate of drug-likeness (QED) is 0.645. The number of aliphatic carboxylic acids is 1. The Morgan fingerprint density at radius 3 is 2.52 bits per heavy atom. The van der Waals surface area contributed by atoms with Crippen LogP contribution in [0.25, 0.3) is 0 Å². The largest absolute Gasteiger partial charge is 0.480 e. The van der Waals surface area contributed by atoms with Gasteiger partial charge in [0, 0.05) is 17.6 Å². The van der Waals surface area contributed by atoms with Crippen LogP contribution >= 0.6 is 0 Å². The molecule has 0 saturated carbocycles. The molecule has 112 valence electrons. The third-order valence-electron chi connectivity index (χ3n) is 5.15. The fourth-order valence-corrected chi connectivity index (χ4v) is 4.02. The van der Waals surface area contributed by atoms with Gasteiger partial charge in [0.15, 0.2) is 11.2 Å². The van der Waals surface area contributed by atoms with Gasteiger partial charge in [-0.2, -0.15) is 0 Å². The van der Waals surface area contributed by atoms with Crippen molar-refractivity contribution >= 4 is 11.8 Å². The van der Waals surface area contributed by atoms with Gasteiger partial charge in [-0.05, 0) is 26.3 Å². The first-order valence-electron chi connectivity index (χ1n) is 7.22. The second kappa shape index (κ2) is 4.93. The average Bonchev–Trinajstić information content (AvgIpc) is 2.73. The van der Waals surface area contributed by atoms with E-state index in [1.54, 1.807) is 30.3 Å². The van der Waals surface area contributed by atoms with Crippen molar-refractivity contribution in [1.82, 2.24) is 4.90 Å². The summed E-state index contributed by atoms with van der Waals surface area (Å²) in [6.07, 6.45) is 0.646. The summed E-state index contributed by atoms with van der Waals surface area (Å²) in [5.74, 6) is -1.71. The Bertz CT molecular complexity index is 573. The van der Waals surface area contributed by atoms with E-state index >= 15 is 0 Å². The number of Topliss-reactive ketones (excluding diaryl/α,β-unsaturated/α-hetero) is 1. The van der Waals surface area contributed by atoms with Gasteiger partial charge < -0.3 is 10.2 Å². The van der Waals surface area contributed by atoms with Gasteiger partial charge in [0.25, 0.3) is 0 Å². The highest BCUT2D eigenvalue weighted by Gasteiger charge is 2.64. The molecule has 2 fully saturated rings. The summed E-state index contributed by atoms with van der Waals surface area (Å²) < 4.78 is 0. The number of rotatable bonds is 3. The van der Waals surface area contributed by atoms with Crippen LogP contribution in [0.1, 0.15) is 29.6 Å². The summed E-state index contributed by atoms with van der Waals surface area (Å²) in [5, 5.41) is 20.3. The summed E-state index contributed by atoms with van der Waals surface area (Å²) >= 11 is 0. The molecule has 2 saturated heterocycles. The van der Waals surface area contributed by atoms with Crippen LogP contribution in [-0.4, -0.2) is 52.1 Å². The number of aliphatic hydroxyl groups excluding tert-OH is 1. The molecule has 0 radical (unpaired) electrons. The number of benzene rings is 1. The van der Waals surface area contributed by atoms with Crippen LogP contribution in [0.15, 0.2) is 30.3 Å². The molecule has 2 heterocycles. The molecule has 0 aromatic heterocycles. The van der Waals surface area contributed by atoms with E-state index in [0.717, 1.165) is 6.42 Å². The normalized spacial score (nSPS) is 35.6. The highest BCUT2D eigenvalue weighted by atomic mass is 16.4. The monoisotopic (exact) mass is 289 g/mol. The number of nitrogens with zero attached hydrogens (tertiary/aromatic N) is 1. The standard InChI is InChI=1S/C16H19NO4/c1-17-11-7-8-12(17)16(15(20)21,13(18)9-11)14(19)10-5-3-2-4-6-10/h2-6,11-13,18H,7-9H2,1H3,(H,20,21)/t11-,12+,13-,16+/m0/s1. The third kappa shape index (κ3) is 1.84. The van der Waals surface area contributed by atoms with Crippen molar-refractivity contribution in [1.29, 1.82) is 0 Å². The fraction of sp³-hybridized carbons (Fsp3) is 0.500. The summed E-state index contributed by atoms with van der Waals surface area (Å²) in [6, 6.07) is 8.14. The Labute approximate surface area is 123 Å². The van der Waals surface area contributed by atoms with E-state index < -0.39 is 29.3 Å². The number of hydrogen-bond acceptors (Lipinski definition) is 4. The van der Waals surface area contributed by atoms with E-state index in [0.29, 0.717) is 18.4 Å². The van der Waals surface area contributed by atoms with Crippen molar-refractivity contribution in [3.05, 3.63) is 35.9 Å². The summed E-state index contributed by atoms with van der Waals surface area (Å²) in [4.78, 5) is 26.9. The minimum atomic E-state index is -1.76. The molecule has 5 nitrogen and oxygen atoms in total. The van der Waals surface area contributed by atoms with Crippen LogP contribution in [0.3, 0.4) is 0 Å². The maximum absolute atomic E-state index is 12.9. The van der Waals surface area contributed by atoms with E-state index in [4.69, 9.17) is 0 Å². The van der Waals surface area contributed by atoms with E-state index in [-0.39, 0.29) is 6.04 Å². The molecule has 1 aromatic carbocycles. The Kier molecular flexibility index (Phi) is 3.34. The first-order valence-corrected chi connectivity index (χ1v) is 7.22. The lowest BCUT2D eigenvalue weighted by Crippen LogP contribution is -2.64. The second-order valence-corrected chi connectivity index (χ2v) is 6.03. The zero-order valence-electron chi connectivity index (χ0n) is 11.9. The lowest BCUT2D eigenvalue weighted by molar-refractivity contribution is -0.161. The van der Waals surface area contributed by atoms with Crippen molar-refractivity contribution in [2.45, 2.75) is 37.5 Å². The molecule has 2 N–H and O–H groups in total. The Morgan fingerprint density at radius 1 is 1.24 bits per heavy atom. The van der Waals surface area contributed by atoms with Gasteiger partial charge in [-0.25, -0.2) is 0 Å². The molecule has 2 aliphatic heterocycles. The number of ketones is 1. The van der Waals surface area contributed by atoms with Gasteiger partial charge in [0.05, 0.1) is 6.10 Å². The fourth-order valence-electron chi connectivity index (χ4n) is 4.02. The molecular weight excluding hydrogens is 270 g/mol. The van der Waals surface area contributed by atoms with Crippen molar-refractivity contribution < 1.29 is 19.8 Å². The predicted octanol–water partition coefficient (Wildman–Crippen LogP) is 1.17. The van der Waals surface area contributed by atoms with Crippen molar-refractivity contribution in [2.24, 2.45) is 5.41 Å². The molecule has 3 rings (SSSR count). The van der Waals surface area contributed by atoms with Crippen LogP contribution in [0, 0.1) is 5.41 Å². The maximum atomic E-state index is 12.9. The first kappa shape index (κ1) is 14.2. The minimum absolute atomic E-state index is 0.168. The number of piperidine rings is 1. The van der Waals surface area contributed by atoms with Crippen LogP contribution in [-0.2, 0) is 4.79 Å². The molecule has 2 aliphatic rings. The number of hydrogen-bond donors (Lipinski definition) is 2. The van der Waals surface area contributed by atoms with Crippen LogP contribution in [0.2, 0.25) is 0 Å². The number of carboxylic acids is 1. The third-order valence-corrected chi connectivity index (χ3v) is 5.15. The van der Waals surface area contributed by atoms with Crippen LogP contribution in [0.4, 0.5) is 0 Å².